The number of aliphatic hydroxyl groups is 1. The van der Waals surface area contributed by atoms with Gasteiger partial charge in [0.1, 0.15) is 57.5 Å². The van der Waals surface area contributed by atoms with E-state index in [1.165, 1.54) is 77.0 Å². The van der Waals surface area contributed by atoms with Crippen molar-refractivity contribution in [3.63, 3.8) is 0 Å². The van der Waals surface area contributed by atoms with Crippen molar-refractivity contribution in [1.82, 2.24) is 0 Å². The van der Waals surface area contributed by atoms with E-state index >= 15 is 0 Å². The number of hydrogen-bond acceptors (Lipinski definition) is 22. The van der Waals surface area contributed by atoms with E-state index in [1.807, 2.05) is 82.3 Å². The van der Waals surface area contributed by atoms with Gasteiger partial charge in [-0.05, 0) is 280 Å². The normalized spacial score (nSPS) is 11.7. The predicted molar refractivity (Wildman–Crippen MR) is 592 cm³/mol. The summed E-state index contributed by atoms with van der Waals surface area (Å²) in [6.45, 7) is 48.2. The zero-order valence-corrected chi connectivity index (χ0v) is 97.4. The Balaban J connectivity index is 0.00000178. The van der Waals surface area contributed by atoms with E-state index in [0.29, 0.717) is 74.1 Å². The van der Waals surface area contributed by atoms with Crippen molar-refractivity contribution in [2.24, 2.45) is 0 Å². The first-order valence-electron chi connectivity index (χ1n) is 48.1. The number of ether oxygens (including phenoxy) is 5. The maximum absolute atomic E-state index is 12.2. The molecule has 33 heteroatoms. The Morgan fingerprint density at radius 3 is 0.958 bits per heavy atom. The van der Waals surface area contributed by atoms with Crippen molar-refractivity contribution in [1.29, 1.82) is 0 Å². The van der Waals surface area contributed by atoms with Gasteiger partial charge in [-0.25, -0.2) is 8.42 Å². The Hall–Kier alpha value is -7.93. The largest absolute Gasteiger partial charge is 1.00 e. The molecule has 0 bridgehead atoms. The van der Waals surface area contributed by atoms with Gasteiger partial charge in [0.05, 0.1) is 69.8 Å². The smallest absolute Gasteiger partial charge is 0.507 e. The van der Waals surface area contributed by atoms with Gasteiger partial charge in [-0.3, -0.25) is 0 Å². The van der Waals surface area contributed by atoms with E-state index in [9.17, 15) is 62.7 Å². The van der Waals surface area contributed by atoms with Crippen LogP contribution in [0.2, 0.25) is 0 Å². The molecule has 8 aromatic carbocycles. The van der Waals surface area contributed by atoms with Crippen LogP contribution in [0.25, 0.3) is 61.2 Å². The van der Waals surface area contributed by atoms with Crippen molar-refractivity contribution in [3.05, 3.63) is 218 Å². The number of rotatable bonds is 45. The number of benzene rings is 8. The fourth-order valence-corrected chi connectivity index (χ4v) is 17.6. The van der Waals surface area contributed by atoms with E-state index in [0.717, 1.165) is 185 Å². The summed E-state index contributed by atoms with van der Waals surface area (Å²) in [6.07, 6.45) is 28.1. The molecule has 0 saturated carbocycles. The Labute approximate surface area is 916 Å². The first-order valence-corrected chi connectivity index (χ1v) is 56.0. The monoisotopic (exact) mass is 2340 g/mol. The first kappa shape index (κ1) is 136. The zero-order chi connectivity index (χ0) is 108. The number of hydrogen-bond donors (Lipinski definition) is 8. The van der Waals surface area contributed by atoms with Gasteiger partial charge in [0.25, 0.3) is 10.2 Å². The van der Waals surface area contributed by atoms with Crippen LogP contribution < -0.4 is 42.0 Å². The first-order chi connectivity index (χ1) is 66.3. The van der Waals surface area contributed by atoms with Gasteiger partial charge >= 0.3 is 29.0 Å². The second-order valence-corrected chi connectivity index (χ2v) is 45.6. The second-order valence-electron chi connectivity index (χ2n) is 38.6. The molecular weight excluding hydrogens is 2180 g/mol. The molecular formula is C111H159AgBr3ClLiN2O23S2. The molecule has 144 heavy (non-hydrogen) atoms. The quantitative estimate of drug-likeness (QED) is 0.00257. The molecule has 0 aromatic heterocycles. The summed E-state index contributed by atoms with van der Waals surface area (Å²) >= 11 is 10.4. The maximum Gasteiger partial charge on any atom is 1.00 e. The van der Waals surface area contributed by atoms with Gasteiger partial charge in [-0.2, -0.15) is 14.8 Å². The van der Waals surface area contributed by atoms with Crippen molar-refractivity contribution < 1.29 is 142 Å². The maximum atomic E-state index is 12.2. The van der Waals surface area contributed by atoms with Crippen LogP contribution in [0.5, 0.6) is 63.2 Å². The van der Waals surface area contributed by atoms with Gasteiger partial charge in [-0.1, -0.05) is 260 Å². The minimum Gasteiger partial charge on any atom is -0.507 e. The number of phenols is 6. The van der Waals surface area contributed by atoms with E-state index in [4.69, 9.17) is 43.2 Å². The summed E-state index contributed by atoms with van der Waals surface area (Å²) in [6, 6.07) is 36.6. The molecule has 1 aliphatic rings. The van der Waals surface area contributed by atoms with Crippen LogP contribution in [0.15, 0.2) is 141 Å². The molecule has 1 heterocycles. The molecule has 803 valence electrons. The molecule has 8 N–H and O–H groups in total. The molecule has 0 unspecified atom stereocenters. The van der Waals surface area contributed by atoms with Crippen LogP contribution in [0.1, 0.15) is 301 Å². The van der Waals surface area contributed by atoms with E-state index in [2.05, 4.69) is 158 Å². The number of phenolic OH excluding ortho intramolecular Hbond substituents is 6. The molecule has 1 aliphatic heterocycles. The summed E-state index contributed by atoms with van der Waals surface area (Å²) < 4.78 is 75.2. The number of nitrogens with zero attached hydrogens (tertiary/aromatic N) is 2. The van der Waals surface area contributed by atoms with E-state index in [-0.39, 0.29) is 104 Å². The molecule has 1 radical (unpaired) electrons. The van der Waals surface area contributed by atoms with Crippen LogP contribution in [0.3, 0.4) is 0 Å². The molecule has 1 fully saturated rings. The molecule has 0 amide bonds. The van der Waals surface area contributed by atoms with Crippen molar-refractivity contribution >= 4 is 94.4 Å². The van der Waals surface area contributed by atoms with Crippen molar-refractivity contribution in [3.8, 4) is 108 Å². The fraction of sp³-hybridized carbons (Fsp3) is 0.505. The minimum absolute atomic E-state index is 0. The molecule has 25 nitrogen and oxygen atoms in total. The topological polar surface area (TPSA) is 381 Å². The standard InChI is InChI=1S/C27H37BrO4S.C25H35BrO4.C25H33BrO3.C25H33NO6.C4H8O.C4H9.CH3ClO2S.Ag.Li.HNO3/c1-19(2)23-13-12-22(31-6)18-24(23)26-20(3)16-21(17-25(26)32-33(7,29)30)27(4,5)14-10-8-9-11-15-28;1-24(2,12-8-6-7-9-13-26)17-14-21(27)23(22(28)15-17)19-16-18(30-5)10-11-20(19)25(3,4)29;1-17(2)20-11-10-19(29-5)16-21(20)24-22(27)14-18(15-23(24)28)25(3,4)12-8-6-7-9-13-26;1-17(2)20-11-10-19(31-5)16-21(20)24-22(27)14-18(15-23(24)28)25(3,4)12-8-6-7-9-13-32-26(29)30;1-2-4-5-3-1;1-3-4-2;1-5(2,3)4;;;2-1(3)4/h12-13,16-18H,1,8-11,14-15H2,2-7H3;10-11,14-16,27-29H,6-9,12-13H2,1-5H3;10-11,14-16,27-28H,1,6-9,12-13H2,2-5H3;10-11,14-16,27-28H,1,6-9,12-13H2,2-5H3;1-4H2;1,3-4H2,2H3;1H3;;;(H,2,3,4)/q;;;;;-1;;;+1;. The van der Waals surface area contributed by atoms with Crippen LogP contribution in [0, 0.1) is 34.1 Å². The van der Waals surface area contributed by atoms with Gasteiger partial charge in [0.2, 0.25) is 9.05 Å². The number of allylic oxidation sites excluding steroid dienone is 3. The van der Waals surface area contributed by atoms with Crippen LogP contribution in [0.4, 0.5) is 0 Å². The minimum atomic E-state index is -3.72. The third-order valence-electron chi connectivity index (χ3n) is 24.1. The van der Waals surface area contributed by atoms with Crippen molar-refractivity contribution in [2.75, 3.05) is 76.8 Å². The fourth-order valence-electron chi connectivity index (χ4n) is 15.9. The van der Waals surface area contributed by atoms with Crippen LogP contribution >= 0.6 is 58.5 Å². The zero-order valence-electron chi connectivity index (χ0n) is 88.8. The molecule has 0 aliphatic carbocycles. The predicted octanol–water partition coefficient (Wildman–Crippen LogP) is 27.2. The third kappa shape index (κ3) is 49.0. The van der Waals surface area contributed by atoms with E-state index < -0.39 is 34.9 Å². The Kier molecular flexibility index (Phi) is 63.5. The number of methoxy groups -OCH3 is 4. The summed E-state index contributed by atoms with van der Waals surface area (Å²) in [5.74, 6) is 3.04. The summed E-state index contributed by atoms with van der Waals surface area (Å²) in [5, 5.41) is 102. The average molecular weight is 2340 g/mol. The van der Waals surface area contributed by atoms with Gasteiger partial charge in [0.15, 0.2) is 5.75 Å². The van der Waals surface area contributed by atoms with E-state index in [1.54, 1.807) is 103 Å². The van der Waals surface area contributed by atoms with Gasteiger partial charge < -0.3 is 80.6 Å². The molecule has 1 saturated heterocycles. The summed E-state index contributed by atoms with van der Waals surface area (Å²) in [4.78, 5) is 22.8. The van der Waals surface area contributed by atoms with Crippen LogP contribution in [-0.4, -0.2) is 145 Å². The van der Waals surface area contributed by atoms with Crippen molar-refractivity contribution in [2.45, 2.75) is 285 Å². The van der Waals surface area contributed by atoms with Crippen LogP contribution in [-0.2, 0) is 78.4 Å². The van der Waals surface area contributed by atoms with Gasteiger partial charge in [-0.15, -0.1) is 20.2 Å². The number of halogens is 4. The Morgan fingerprint density at radius 2 is 0.715 bits per heavy atom. The Morgan fingerprint density at radius 1 is 0.458 bits per heavy atom. The molecule has 0 spiro atoms. The number of alkyl halides is 3. The molecule has 8 aromatic rings. The summed E-state index contributed by atoms with van der Waals surface area (Å²) in [7, 11) is 3.93. The number of unbranched alkanes of at least 4 members (excludes halogenated alkanes) is 13. The second kappa shape index (κ2) is 67.2. The SMILES string of the molecule is C1CCOC1.C=C(C)c1ccc(OC)cc1-c1c(C)cc(C(C)(C)CCCCCCBr)cc1OS(C)(=O)=O.C=C(C)c1ccc(OC)cc1-c1c(O)cc(C(C)(C)CCCCCCBr)cc1O.C=C(C)c1ccc(OC)cc1-c1c(O)cc(C(C)(C)CCCCCCO[N+](=O)[O-])cc1O.COc1ccc(C(C)(C)O)c(-c2c(O)cc(C(C)(C)CCCCCCBr)cc2O)c1.CS(=O)(=O)Cl.O=[N+]([O-])O.[Ag].[CH2-]CCC.[Li+]. The number of aromatic hydroxyl groups is 6. The van der Waals surface area contributed by atoms with Gasteiger partial charge in [0, 0.05) is 79.0 Å². The number of aryl methyl sites for hydroxylation is 1. The molecule has 0 atom stereocenters. The average Bonchev–Trinajstić information content (AvgIpc) is 0.963. The third-order valence-corrected chi connectivity index (χ3v) is 26.3. The Bertz CT molecular complexity index is 5480. The summed E-state index contributed by atoms with van der Waals surface area (Å²) in [5.41, 5.74) is 13.2. The molecule has 9 rings (SSSR count).